The average molecular weight is 434 g/mol. The fourth-order valence-electron chi connectivity index (χ4n) is 0.339. The van der Waals surface area contributed by atoms with Crippen LogP contribution in [0.3, 0.4) is 0 Å². The molecule has 12 heteroatoms. The Labute approximate surface area is 111 Å². The van der Waals surface area contributed by atoms with Gasteiger partial charge in [-0.1, -0.05) is 0 Å². The van der Waals surface area contributed by atoms with Gasteiger partial charge in [-0.2, -0.15) is 43.9 Å². The van der Waals surface area contributed by atoms with E-state index in [4.69, 9.17) is 0 Å². The van der Waals surface area contributed by atoms with E-state index >= 15 is 0 Å². The molecular formula is C7H10F10PSn. The normalized spacial score (nSPS) is 14.2. The molecular weight excluding hydrogens is 424 g/mol. The summed E-state index contributed by atoms with van der Waals surface area (Å²) in [5.41, 5.74) is -12.1. The van der Waals surface area contributed by atoms with Gasteiger partial charge in [0.25, 0.3) is 0 Å². The Morgan fingerprint density at radius 1 is 0.579 bits per heavy atom. The van der Waals surface area contributed by atoms with Crippen molar-refractivity contribution in [3.05, 3.63) is 0 Å². The Morgan fingerprint density at radius 3 is 0.842 bits per heavy atom. The first-order valence-corrected chi connectivity index (χ1v) is 14.0. The molecule has 0 saturated heterocycles. The molecule has 0 fully saturated rings. The van der Waals surface area contributed by atoms with Gasteiger partial charge in [0.1, 0.15) is 0 Å². The van der Waals surface area contributed by atoms with Crippen LogP contribution in [0.5, 0.6) is 0 Å². The summed E-state index contributed by atoms with van der Waals surface area (Å²) >= 11 is -0.543. The van der Waals surface area contributed by atoms with Crippen LogP contribution in [-0.2, 0) is 0 Å². The molecule has 0 aliphatic heterocycles. The third-order valence-corrected chi connectivity index (χ3v) is 2.22. The first kappa shape index (κ1) is 21.8. The van der Waals surface area contributed by atoms with Gasteiger partial charge in [0, 0.05) is 8.58 Å². The van der Waals surface area contributed by atoms with Crippen LogP contribution in [0.1, 0.15) is 0 Å². The molecule has 0 aliphatic carbocycles. The first-order chi connectivity index (χ1) is 7.94. The molecule has 0 saturated carbocycles. The maximum absolute atomic E-state index is 11.9. The molecule has 0 heterocycles. The summed E-state index contributed by atoms with van der Waals surface area (Å²) in [6, 6.07) is 0. The van der Waals surface area contributed by atoms with Crippen molar-refractivity contribution in [2.75, 3.05) is 0 Å². The van der Waals surface area contributed by atoms with Gasteiger partial charge in [0.05, 0.1) is 0 Å². The molecule has 0 spiro atoms. The van der Waals surface area contributed by atoms with Gasteiger partial charge in [-0.05, 0) is 0 Å². The Hall–Kier alpha value is 0.529. The van der Waals surface area contributed by atoms with E-state index in [2.05, 4.69) is 14.8 Å². The van der Waals surface area contributed by atoms with Crippen LogP contribution in [0.2, 0.25) is 14.8 Å². The molecule has 0 nitrogen and oxygen atoms in total. The Morgan fingerprint density at radius 2 is 0.737 bits per heavy atom. The van der Waals surface area contributed by atoms with Crippen molar-refractivity contribution in [3.63, 3.8) is 0 Å². The van der Waals surface area contributed by atoms with Crippen molar-refractivity contribution in [3.8, 4) is 0 Å². The van der Waals surface area contributed by atoms with E-state index in [1.54, 1.807) is 0 Å². The SMILES string of the molecule is FC(F)(F)C(F)(F)PC(F)(F)C(F)(F)F.[CH3][Sn]([CH3])[CH3]. The molecule has 0 amide bonds. The van der Waals surface area contributed by atoms with Crippen LogP contribution in [0, 0.1) is 0 Å². The van der Waals surface area contributed by atoms with Gasteiger partial charge in [-0.3, -0.25) is 0 Å². The molecule has 0 aliphatic rings. The summed E-state index contributed by atoms with van der Waals surface area (Å²) in [5.74, 6) is 0. The third kappa shape index (κ3) is 8.41. The van der Waals surface area contributed by atoms with E-state index in [0.717, 1.165) is 0 Å². The molecule has 0 unspecified atom stereocenters. The topological polar surface area (TPSA) is 0 Å². The minimum atomic E-state index is -6.43. The van der Waals surface area contributed by atoms with Crippen LogP contribution in [0.15, 0.2) is 0 Å². The number of halogens is 10. The molecule has 1 radical (unpaired) electrons. The average Bonchev–Trinajstić information content (AvgIpc) is 1.94. The van der Waals surface area contributed by atoms with E-state index < -0.39 is 52.0 Å². The van der Waals surface area contributed by atoms with Crippen LogP contribution < -0.4 is 0 Å². The summed E-state index contributed by atoms with van der Waals surface area (Å²) in [7, 11) is -3.93. The number of hydrogen-bond acceptors (Lipinski definition) is 0. The minimum absolute atomic E-state index is 0.543. The Kier molecular flexibility index (Phi) is 8.03. The first-order valence-electron chi connectivity index (χ1n) is 4.39. The zero-order valence-electron chi connectivity index (χ0n) is 9.78. The maximum atomic E-state index is 11.9. The predicted octanol–water partition coefficient (Wildman–Crippen LogP) is 5.35. The second-order valence-electron chi connectivity index (χ2n) is 3.77. The molecule has 0 atom stereocenters. The van der Waals surface area contributed by atoms with E-state index in [-0.39, 0.29) is 0 Å². The van der Waals surface area contributed by atoms with Crippen LogP contribution in [0.25, 0.3) is 0 Å². The zero-order valence-corrected chi connectivity index (χ0v) is 13.6. The quantitative estimate of drug-likeness (QED) is 0.313. The fraction of sp³-hybridized carbons (Fsp3) is 1.00. The van der Waals surface area contributed by atoms with Gasteiger partial charge in [0.15, 0.2) is 0 Å². The second kappa shape index (κ2) is 6.99. The van der Waals surface area contributed by atoms with Gasteiger partial charge < -0.3 is 0 Å². The van der Waals surface area contributed by atoms with Crippen molar-refractivity contribution in [2.24, 2.45) is 0 Å². The van der Waals surface area contributed by atoms with Crippen molar-refractivity contribution < 1.29 is 43.9 Å². The third-order valence-electron chi connectivity index (χ3n) is 1.03. The summed E-state index contributed by atoms with van der Waals surface area (Å²) in [6.07, 6.45) is -12.9. The van der Waals surface area contributed by atoms with Gasteiger partial charge >= 0.3 is 58.3 Å². The van der Waals surface area contributed by atoms with Crippen molar-refractivity contribution in [1.29, 1.82) is 0 Å². The van der Waals surface area contributed by atoms with Gasteiger partial charge in [-0.15, -0.1) is 0 Å². The molecule has 0 rings (SSSR count). The summed E-state index contributed by atoms with van der Waals surface area (Å²) in [6.45, 7) is 0. The van der Waals surface area contributed by atoms with E-state index in [1.165, 1.54) is 0 Å². The monoisotopic (exact) mass is 435 g/mol. The van der Waals surface area contributed by atoms with E-state index in [0.29, 0.717) is 0 Å². The Balaban J connectivity index is 0. The number of hydrogen-bond donors (Lipinski definition) is 0. The zero-order chi connectivity index (χ0) is 16.3. The molecule has 0 aromatic heterocycles. The summed E-state index contributed by atoms with van der Waals surface area (Å²) in [4.78, 5) is 7.09. The van der Waals surface area contributed by atoms with Gasteiger partial charge in [0.2, 0.25) is 0 Å². The summed E-state index contributed by atoms with van der Waals surface area (Å²) in [5, 5.41) is 0. The van der Waals surface area contributed by atoms with Crippen LogP contribution >= 0.6 is 8.58 Å². The molecule has 0 aromatic rings. The van der Waals surface area contributed by atoms with Crippen LogP contribution in [-0.4, -0.2) is 43.4 Å². The fourth-order valence-corrected chi connectivity index (χ4v) is 1.02. The molecule has 19 heavy (non-hydrogen) atoms. The Bertz CT molecular complexity index is 241. The van der Waals surface area contributed by atoms with E-state index in [1.807, 2.05) is 0 Å². The molecule has 0 N–H and O–H groups in total. The molecule has 0 aromatic carbocycles. The standard InChI is InChI=1S/C4HF10P.3CH3.Sn/c5-1(6,7)3(11,12)15-4(13,14)2(8,9)10;;;;/h15H;3*1H3;. The van der Waals surface area contributed by atoms with Crippen LogP contribution in [0.4, 0.5) is 43.9 Å². The second-order valence-corrected chi connectivity index (χ2v) is 13.8. The number of alkyl halides is 10. The van der Waals surface area contributed by atoms with Crippen molar-refractivity contribution in [1.82, 2.24) is 0 Å². The van der Waals surface area contributed by atoms with Crippen molar-refractivity contribution in [2.45, 2.75) is 38.5 Å². The van der Waals surface area contributed by atoms with Gasteiger partial charge in [-0.25, -0.2) is 0 Å². The molecule has 0 bridgehead atoms. The van der Waals surface area contributed by atoms with Crippen molar-refractivity contribution >= 4 is 28.3 Å². The molecule has 117 valence electrons. The van der Waals surface area contributed by atoms with E-state index in [9.17, 15) is 43.9 Å². The number of rotatable bonds is 2. The predicted molar refractivity (Wildman–Crippen MR) is 53.7 cm³/mol. The summed E-state index contributed by atoms with van der Waals surface area (Å²) < 4.78 is 115.